The Labute approximate surface area is 103 Å². The summed E-state index contributed by atoms with van der Waals surface area (Å²) in [6.45, 7) is 1.90. The number of aromatic carboxylic acids is 1. The fourth-order valence-corrected chi connectivity index (χ4v) is 2.65. The minimum Gasteiger partial charge on any atom is -0.497 e. The molecule has 0 fully saturated rings. The summed E-state index contributed by atoms with van der Waals surface area (Å²) in [6, 6.07) is 9.12. The van der Waals surface area contributed by atoms with Crippen molar-refractivity contribution in [3.63, 3.8) is 0 Å². The zero-order valence-electron chi connectivity index (χ0n) is 9.56. The minimum atomic E-state index is -0.896. The van der Waals surface area contributed by atoms with Gasteiger partial charge >= 0.3 is 5.97 Å². The molecular weight excluding hydrogens is 236 g/mol. The predicted molar refractivity (Wildman–Crippen MR) is 68.0 cm³/mol. The molecule has 0 unspecified atom stereocenters. The number of carbonyl (C=O) groups is 1. The maximum Gasteiger partial charge on any atom is 0.337 e. The third kappa shape index (κ3) is 2.31. The Hall–Kier alpha value is -1.81. The Balaban J connectivity index is 2.55. The zero-order valence-corrected chi connectivity index (χ0v) is 10.4. The number of aryl methyl sites for hydroxylation is 1. The number of carboxylic acid groups (broad SMARTS) is 1. The highest BCUT2D eigenvalue weighted by Crippen LogP contribution is 2.34. The lowest BCUT2D eigenvalue weighted by molar-refractivity contribution is 0.0698. The van der Waals surface area contributed by atoms with Crippen molar-refractivity contribution in [2.45, 2.75) is 6.92 Å². The summed E-state index contributed by atoms with van der Waals surface area (Å²) in [4.78, 5) is 12.9. The summed E-state index contributed by atoms with van der Waals surface area (Å²) >= 11 is 1.48. The van der Waals surface area contributed by atoms with Gasteiger partial charge in [0.2, 0.25) is 0 Å². The standard InChI is InChI=1S/C13H12O3S/c1-8-6-11(13(14)15)12(17-8)9-4-3-5-10(7-9)16-2/h3-7H,1-2H3,(H,14,15). The van der Waals surface area contributed by atoms with Crippen LogP contribution in [0.4, 0.5) is 0 Å². The van der Waals surface area contributed by atoms with Crippen LogP contribution in [-0.2, 0) is 0 Å². The molecule has 1 N–H and O–H groups in total. The Morgan fingerprint density at radius 3 is 2.76 bits per heavy atom. The summed E-state index contributed by atoms with van der Waals surface area (Å²) in [5.74, 6) is -0.169. The lowest BCUT2D eigenvalue weighted by Crippen LogP contribution is -1.95. The van der Waals surface area contributed by atoms with Gasteiger partial charge in [-0.2, -0.15) is 0 Å². The molecule has 0 saturated heterocycles. The molecule has 3 nitrogen and oxygen atoms in total. The molecule has 0 atom stereocenters. The molecule has 17 heavy (non-hydrogen) atoms. The number of hydrogen-bond acceptors (Lipinski definition) is 3. The van der Waals surface area contributed by atoms with Crippen LogP contribution in [0.3, 0.4) is 0 Å². The Bertz CT molecular complexity index is 558. The maximum absolute atomic E-state index is 11.1. The molecule has 0 aliphatic carbocycles. The fraction of sp³-hybridized carbons (Fsp3) is 0.154. The lowest BCUT2D eigenvalue weighted by Gasteiger charge is -2.03. The second-order valence-electron chi connectivity index (χ2n) is 3.64. The van der Waals surface area contributed by atoms with Crippen LogP contribution in [0.25, 0.3) is 10.4 Å². The van der Waals surface area contributed by atoms with E-state index in [2.05, 4.69) is 0 Å². The summed E-state index contributed by atoms with van der Waals surface area (Å²) in [6.07, 6.45) is 0. The van der Waals surface area contributed by atoms with Crippen LogP contribution in [-0.4, -0.2) is 18.2 Å². The first kappa shape index (κ1) is 11.7. The molecule has 0 amide bonds. The number of ether oxygens (including phenoxy) is 1. The molecular formula is C13H12O3S. The first-order valence-corrected chi connectivity index (χ1v) is 5.91. The monoisotopic (exact) mass is 248 g/mol. The Kier molecular flexibility index (Phi) is 3.15. The Morgan fingerprint density at radius 2 is 2.12 bits per heavy atom. The van der Waals surface area contributed by atoms with Crippen molar-refractivity contribution in [1.29, 1.82) is 0 Å². The first-order chi connectivity index (χ1) is 8.11. The van der Waals surface area contributed by atoms with Gasteiger partial charge in [-0.3, -0.25) is 0 Å². The normalized spacial score (nSPS) is 10.2. The van der Waals surface area contributed by atoms with Crippen LogP contribution in [0.1, 0.15) is 15.2 Å². The van der Waals surface area contributed by atoms with E-state index in [-0.39, 0.29) is 0 Å². The highest BCUT2D eigenvalue weighted by molar-refractivity contribution is 7.15. The quantitative estimate of drug-likeness (QED) is 0.905. The molecule has 0 spiro atoms. The lowest BCUT2D eigenvalue weighted by atomic mass is 10.1. The number of hydrogen-bond donors (Lipinski definition) is 1. The molecule has 1 heterocycles. The van der Waals surface area contributed by atoms with E-state index in [0.29, 0.717) is 5.56 Å². The van der Waals surface area contributed by atoms with Crippen molar-refractivity contribution in [1.82, 2.24) is 0 Å². The van der Waals surface area contributed by atoms with E-state index in [1.165, 1.54) is 11.3 Å². The van der Waals surface area contributed by atoms with Crippen LogP contribution in [0.2, 0.25) is 0 Å². The largest absolute Gasteiger partial charge is 0.497 e. The molecule has 0 radical (unpaired) electrons. The van der Waals surface area contributed by atoms with E-state index in [9.17, 15) is 4.79 Å². The van der Waals surface area contributed by atoms with E-state index in [0.717, 1.165) is 21.1 Å². The second kappa shape index (κ2) is 4.59. The van der Waals surface area contributed by atoms with Crippen molar-refractivity contribution < 1.29 is 14.6 Å². The van der Waals surface area contributed by atoms with E-state index < -0.39 is 5.97 Å². The van der Waals surface area contributed by atoms with Crippen molar-refractivity contribution >= 4 is 17.3 Å². The summed E-state index contributed by atoms with van der Waals surface area (Å²) in [7, 11) is 1.59. The van der Waals surface area contributed by atoms with Gasteiger partial charge in [0.1, 0.15) is 5.75 Å². The summed E-state index contributed by atoms with van der Waals surface area (Å²) in [5.41, 5.74) is 1.22. The molecule has 1 aromatic carbocycles. The molecule has 0 bridgehead atoms. The van der Waals surface area contributed by atoms with Gasteiger partial charge in [-0.05, 0) is 30.7 Å². The van der Waals surface area contributed by atoms with Crippen molar-refractivity contribution in [2.24, 2.45) is 0 Å². The van der Waals surface area contributed by atoms with Gasteiger partial charge in [0, 0.05) is 9.75 Å². The predicted octanol–water partition coefficient (Wildman–Crippen LogP) is 3.43. The van der Waals surface area contributed by atoms with Crippen molar-refractivity contribution in [2.75, 3.05) is 7.11 Å². The molecule has 1 aromatic heterocycles. The number of thiophene rings is 1. The average Bonchev–Trinajstić information content (AvgIpc) is 2.72. The molecule has 88 valence electrons. The zero-order chi connectivity index (χ0) is 12.4. The molecule has 2 rings (SSSR count). The smallest absolute Gasteiger partial charge is 0.337 e. The van der Waals surface area contributed by atoms with Gasteiger partial charge in [-0.15, -0.1) is 11.3 Å². The number of benzene rings is 1. The highest BCUT2D eigenvalue weighted by Gasteiger charge is 2.15. The van der Waals surface area contributed by atoms with Gasteiger partial charge in [0.15, 0.2) is 0 Å². The topological polar surface area (TPSA) is 46.5 Å². The van der Waals surface area contributed by atoms with Crippen LogP contribution in [0.5, 0.6) is 5.75 Å². The highest BCUT2D eigenvalue weighted by atomic mass is 32.1. The SMILES string of the molecule is COc1cccc(-c2sc(C)cc2C(=O)O)c1. The van der Waals surface area contributed by atoms with E-state index in [4.69, 9.17) is 9.84 Å². The van der Waals surface area contributed by atoms with Gasteiger partial charge < -0.3 is 9.84 Å². The summed E-state index contributed by atoms with van der Waals surface area (Å²) in [5, 5.41) is 9.14. The first-order valence-electron chi connectivity index (χ1n) is 5.10. The van der Waals surface area contributed by atoms with Crippen molar-refractivity contribution in [3.8, 4) is 16.2 Å². The van der Waals surface area contributed by atoms with Gasteiger partial charge in [0.05, 0.1) is 12.7 Å². The Morgan fingerprint density at radius 1 is 1.35 bits per heavy atom. The third-order valence-electron chi connectivity index (χ3n) is 2.42. The van der Waals surface area contributed by atoms with Crippen molar-refractivity contribution in [3.05, 3.63) is 40.8 Å². The average molecular weight is 248 g/mol. The minimum absolute atomic E-state index is 0.348. The summed E-state index contributed by atoms with van der Waals surface area (Å²) < 4.78 is 5.14. The van der Waals surface area contributed by atoms with Gasteiger partial charge in [-0.25, -0.2) is 4.79 Å². The molecule has 2 aromatic rings. The van der Waals surface area contributed by atoms with Crippen LogP contribution in [0.15, 0.2) is 30.3 Å². The second-order valence-corrected chi connectivity index (χ2v) is 4.89. The van der Waals surface area contributed by atoms with Gasteiger partial charge in [-0.1, -0.05) is 12.1 Å². The third-order valence-corrected chi connectivity index (χ3v) is 3.52. The number of methoxy groups -OCH3 is 1. The van der Waals surface area contributed by atoms with E-state index >= 15 is 0 Å². The van der Waals surface area contributed by atoms with E-state index in [1.807, 2.05) is 31.2 Å². The number of carboxylic acids is 1. The molecule has 4 heteroatoms. The maximum atomic E-state index is 11.1. The van der Waals surface area contributed by atoms with Gasteiger partial charge in [0.25, 0.3) is 0 Å². The van der Waals surface area contributed by atoms with Crippen LogP contribution in [0, 0.1) is 6.92 Å². The molecule has 0 aliphatic heterocycles. The number of rotatable bonds is 3. The van der Waals surface area contributed by atoms with E-state index in [1.54, 1.807) is 13.2 Å². The molecule has 0 saturated carbocycles. The fourth-order valence-electron chi connectivity index (χ4n) is 1.65. The van der Waals surface area contributed by atoms with Crippen LogP contribution >= 0.6 is 11.3 Å². The van der Waals surface area contributed by atoms with Crippen LogP contribution < -0.4 is 4.74 Å². The molecule has 0 aliphatic rings.